The number of nitrogens with zero attached hydrogens (tertiary/aromatic N) is 2. The van der Waals surface area contributed by atoms with Crippen LogP contribution in [0, 0.1) is 0 Å². The first-order chi connectivity index (χ1) is 15.8. The van der Waals surface area contributed by atoms with Gasteiger partial charge in [-0.15, -0.1) is 0 Å². The lowest BCUT2D eigenvalue weighted by Gasteiger charge is -2.19. The van der Waals surface area contributed by atoms with Gasteiger partial charge in [0.2, 0.25) is 0 Å². The fourth-order valence-electron chi connectivity index (χ4n) is 3.70. The van der Waals surface area contributed by atoms with Crippen LogP contribution in [-0.2, 0) is 5.41 Å². The zero-order valence-corrected chi connectivity index (χ0v) is 19.9. The van der Waals surface area contributed by atoms with Crippen molar-refractivity contribution in [3.8, 4) is 17.2 Å². The Morgan fingerprint density at radius 2 is 1.42 bits per heavy atom. The molecule has 1 N–H and O–H groups in total. The summed E-state index contributed by atoms with van der Waals surface area (Å²) in [6, 6.07) is 20.0. The molecule has 170 valence electrons. The van der Waals surface area contributed by atoms with Gasteiger partial charge in [-0.25, -0.2) is 4.99 Å². The Kier molecular flexibility index (Phi) is 6.09. The van der Waals surface area contributed by atoms with E-state index in [1.807, 2.05) is 36.4 Å². The lowest BCUT2D eigenvalue weighted by molar-refractivity contribution is 0.355. The highest BCUT2D eigenvalue weighted by Gasteiger charge is 2.20. The van der Waals surface area contributed by atoms with Gasteiger partial charge in [-0.1, -0.05) is 45.0 Å². The van der Waals surface area contributed by atoms with Crippen LogP contribution in [0.4, 0.5) is 5.69 Å². The number of methoxy groups -OCH3 is 3. The molecular weight excluding hydrogens is 414 g/mol. The average molecular weight is 444 g/mol. The van der Waals surface area contributed by atoms with Crippen LogP contribution in [-0.4, -0.2) is 32.9 Å². The van der Waals surface area contributed by atoms with Crippen LogP contribution >= 0.6 is 0 Å². The van der Waals surface area contributed by atoms with Crippen molar-refractivity contribution in [2.75, 3.05) is 21.3 Å². The van der Waals surface area contributed by atoms with Crippen molar-refractivity contribution in [2.45, 2.75) is 26.2 Å². The number of hydrazone groups is 1. The predicted octanol–water partition coefficient (Wildman–Crippen LogP) is 5.44. The summed E-state index contributed by atoms with van der Waals surface area (Å²) in [5.74, 6) is 2.70. The fourth-order valence-corrected chi connectivity index (χ4v) is 3.70. The molecule has 0 aliphatic carbocycles. The summed E-state index contributed by atoms with van der Waals surface area (Å²) in [6.07, 6.45) is 0. The lowest BCUT2D eigenvalue weighted by Crippen LogP contribution is -2.20. The largest absolute Gasteiger partial charge is 0.497 e. The molecule has 6 heteroatoms. The average Bonchev–Trinajstić information content (AvgIpc) is 3.02. The first-order valence-corrected chi connectivity index (χ1v) is 10.8. The second-order valence-electron chi connectivity index (χ2n) is 8.81. The Hall–Kier alpha value is -3.80. The summed E-state index contributed by atoms with van der Waals surface area (Å²) in [7, 11) is 4.89. The van der Waals surface area contributed by atoms with Crippen molar-refractivity contribution in [1.82, 2.24) is 5.43 Å². The van der Waals surface area contributed by atoms with Crippen LogP contribution in [0.3, 0.4) is 0 Å². The van der Waals surface area contributed by atoms with Gasteiger partial charge < -0.3 is 14.2 Å². The third-order valence-electron chi connectivity index (χ3n) is 5.65. The zero-order valence-electron chi connectivity index (χ0n) is 19.9. The van der Waals surface area contributed by atoms with Gasteiger partial charge in [0.15, 0.2) is 17.3 Å². The van der Waals surface area contributed by atoms with E-state index in [9.17, 15) is 0 Å². The molecule has 0 amide bonds. The molecule has 6 nitrogen and oxygen atoms in total. The Bertz CT molecular complexity index is 1220. The summed E-state index contributed by atoms with van der Waals surface area (Å²) in [6.45, 7) is 6.60. The van der Waals surface area contributed by atoms with Crippen LogP contribution in [0.25, 0.3) is 0 Å². The van der Waals surface area contributed by atoms with Gasteiger partial charge in [0.05, 0.1) is 27.0 Å². The van der Waals surface area contributed by atoms with Crippen LogP contribution in [0.1, 0.15) is 43.0 Å². The first kappa shape index (κ1) is 22.4. The van der Waals surface area contributed by atoms with Crippen molar-refractivity contribution < 1.29 is 14.2 Å². The van der Waals surface area contributed by atoms with E-state index >= 15 is 0 Å². The fraction of sp³-hybridized carbons (Fsp3) is 0.259. The van der Waals surface area contributed by atoms with Crippen molar-refractivity contribution in [2.24, 2.45) is 10.1 Å². The minimum absolute atomic E-state index is 0.0825. The molecule has 1 heterocycles. The maximum atomic E-state index is 5.51. The standard InChI is InChI=1S/C27H29N3O3/c1-27(2,3)19-10-7-17(8-11-19)26-28-22-13-12-20(31-4)16-21(22)25(29-30-26)18-9-14-23(32-5)24(15-18)33-6/h7-16H,1-6H3,(H,28,30). The Morgan fingerprint density at radius 3 is 2.06 bits per heavy atom. The highest BCUT2D eigenvalue weighted by atomic mass is 16.5. The van der Waals surface area contributed by atoms with E-state index in [-0.39, 0.29) is 5.41 Å². The van der Waals surface area contributed by atoms with E-state index in [0.29, 0.717) is 17.3 Å². The van der Waals surface area contributed by atoms with Crippen molar-refractivity contribution in [1.29, 1.82) is 0 Å². The number of benzene rings is 3. The normalized spacial score (nSPS) is 13.2. The van der Waals surface area contributed by atoms with Crippen LogP contribution in [0.15, 0.2) is 70.8 Å². The van der Waals surface area contributed by atoms with E-state index in [1.165, 1.54) is 5.56 Å². The maximum Gasteiger partial charge on any atom is 0.161 e. The van der Waals surface area contributed by atoms with Gasteiger partial charge in [0.25, 0.3) is 0 Å². The van der Waals surface area contributed by atoms with E-state index in [4.69, 9.17) is 24.3 Å². The molecule has 0 radical (unpaired) electrons. The second kappa shape index (κ2) is 8.98. The molecule has 33 heavy (non-hydrogen) atoms. The van der Waals surface area contributed by atoms with Crippen molar-refractivity contribution in [3.05, 3.63) is 82.9 Å². The lowest BCUT2D eigenvalue weighted by atomic mass is 9.86. The second-order valence-corrected chi connectivity index (χ2v) is 8.81. The molecular formula is C27H29N3O3. The molecule has 0 unspecified atom stereocenters. The van der Waals surface area contributed by atoms with Crippen molar-refractivity contribution in [3.63, 3.8) is 0 Å². The van der Waals surface area contributed by atoms with E-state index in [0.717, 1.165) is 33.8 Å². The Morgan fingerprint density at radius 1 is 0.727 bits per heavy atom. The monoisotopic (exact) mass is 443 g/mol. The third kappa shape index (κ3) is 4.55. The molecule has 3 aromatic carbocycles. The quantitative estimate of drug-likeness (QED) is 0.570. The summed E-state index contributed by atoms with van der Waals surface area (Å²) in [5.41, 5.74) is 8.74. The number of amidine groups is 1. The number of fused-ring (bicyclic) bond motifs is 1. The van der Waals surface area contributed by atoms with Gasteiger partial charge in [0.1, 0.15) is 11.5 Å². The summed E-state index contributed by atoms with van der Waals surface area (Å²) in [4.78, 5) is 4.91. The van der Waals surface area contributed by atoms with Gasteiger partial charge in [-0.2, -0.15) is 5.10 Å². The van der Waals surface area contributed by atoms with E-state index < -0.39 is 0 Å². The van der Waals surface area contributed by atoms with Crippen molar-refractivity contribution >= 4 is 17.2 Å². The summed E-state index contributed by atoms with van der Waals surface area (Å²) in [5, 5.41) is 4.75. The molecule has 1 aliphatic rings. The Balaban J connectivity index is 1.82. The molecule has 0 aromatic heterocycles. The number of aliphatic imine (C=N–C) groups is 1. The number of ether oxygens (including phenoxy) is 3. The molecule has 1 aliphatic heterocycles. The van der Waals surface area contributed by atoms with Gasteiger partial charge in [-0.3, -0.25) is 5.43 Å². The van der Waals surface area contributed by atoms with Crippen LogP contribution < -0.4 is 19.6 Å². The highest BCUT2D eigenvalue weighted by molar-refractivity contribution is 6.18. The molecule has 3 aromatic rings. The SMILES string of the molecule is COc1ccc2c(c1)C(c1ccc(OC)c(OC)c1)=NNC(c1ccc(C(C)(C)C)cc1)=N2. The molecule has 4 rings (SSSR count). The number of nitrogens with one attached hydrogen (secondary N) is 1. The molecule has 0 spiro atoms. The van der Waals surface area contributed by atoms with E-state index in [1.54, 1.807) is 21.3 Å². The van der Waals surface area contributed by atoms with Gasteiger partial charge in [-0.05, 0) is 47.4 Å². The molecule has 0 saturated carbocycles. The van der Waals surface area contributed by atoms with Gasteiger partial charge >= 0.3 is 0 Å². The van der Waals surface area contributed by atoms with Gasteiger partial charge in [0, 0.05) is 16.7 Å². The van der Waals surface area contributed by atoms with Crippen LogP contribution in [0.5, 0.6) is 17.2 Å². The zero-order chi connectivity index (χ0) is 23.6. The maximum absolute atomic E-state index is 5.51. The van der Waals surface area contributed by atoms with E-state index in [2.05, 4.69) is 50.5 Å². The molecule has 0 fully saturated rings. The molecule has 0 saturated heterocycles. The summed E-state index contributed by atoms with van der Waals surface area (Å²) < 4.78 is 16.4. The minimum atomic E-state index is 0.0825. The smallest absolute Gasteiger partial charge is 0.161 e. The highest BCUT2D eigenvalue weighted by Crippen LogP contribution is 2.33. The van der Waals surface area contributed by atoms with Crippen LogP contribution in [0.2, 0.25) is 0 Å². The number of hydrogen-bond donors (Lipinski definition) is 1. The summed E-state index contributed by atoms with van der Waals surface area (Å²) >= 11 is 0. The number of rotatable bonds is 5. The molecule has 0 bridgehead atoms. The Labute approximate surface area is 194 Å². The third-order valence-corrected chi connectivity index (χ3v) is 5.65. The predicted molar refractivity (Wildman–Crippen MR) is 133 cm³/mol. The first-order valence-electron chi connectivity index (χ1n) is 10.8. The molecule has 0 atom stereocenters. The topological polar surface area (TPSA) is 64.4 Å². The number of hydrogen-bond acceptors (Lipinski definition) is 6. The minimum Gasteiger partial charge on any atom is -0.497 e.